The number of carbonyl (C=O) groups is 4. The summed E-state index contributed by atoms with van der Waals surface area (Å²) in [6, 6.07) is 4.71. The Morgan fingerprint density at radius 3 is 2.43 bits per heavy atom. The predicted octanol–water partition coefficient (Wildman–Crippen LogP) is 1.73. The van der Waals surface area contributed by atoms with Gasteiger partial charge in [-0.3, -0.25) is 19.7 Å². The van der Waals surface area contributed by atoms with Crippen LogP contribution in [-0.4, -0.2) is 42.5 Å². The van der Waals surface area contributed by atoms with E-state index in [1.54, 1.807) is 12.1 Å². The molecule has 1 aromatic carbocycles. The third-order valence-corrected chi connectivity index (χ3v) is 4.77. The number of imide groups is 1. The quantitative estimate of drug-likeness (QED) is 0.641. The van der Waals surface area contributed by atoms with E-state index < -0.39 is 29.9 Å². The summed E-state index contributed by atoms with van der Waals surface area (Å²) in [5.74, 6) is -1.89. The molecule has 0 heterocycles. The summed E-state index contributed by atoms with van der Waals surface area (Å²) in [6.07, 6.45) is 2.75. The van der Waals surface area contributed by atoms with E-state index >= 15 is 0 Å². The van der Waals surface area contributed by atoms with Gasteiger partial charge in [-0.25, -0.2) is 4.79 Å². The first-order valence-corrected chi connectivity index (χ1v) is 9.42. The van der Waals surface area contributed by atoms with E-state index in [1.165, 1.54) is 6.92 Å². The molecule has 28 heavy (non-hydrogen) atoms. The van der Waals surface area contributed by atoms with E-state index in [-0.39, 0.29) is 12.6 Å². The SMILES string of the molecule is Cc1ccc(C(=O)NCC(=O)O[C@H](C)C(=O)NC(=O)NC2CCCC2)cc1C. The number of esters is 1. The molecule has 0 bridgehead atoms. The van der Waals surface area contributed by atoms with Gasteiger partial charge in [-0.2, -0.15) is 0 Å². The van der Waals surface area contributed by atoms with Crippen molar-refractivity contribution in [3.63, 3.8) is 0 Å². The van der Waals surface area contributed by atoms with E-state index in [4.69, 9.17) is 4.74 Å². The fourth-order valence-corrected chi connectivity index (χ4v) is 2.93. The van der Waals surface area contributed by atoms with Crippen LogP contribution in [0.15, 0.2) is 18.2 Å². The molecule has 0 radical (unpaired) electrons. The van der Waals surface area contributed by atoms with Gasteiger partial charge in [0.2, 0.25) is 0 Å². The Kier molecular flexibility index (Phi) is 7.54. The van der Waals surface area contributed by atoms with Crippen molar-refractivity contribution in [1.29, 1.82) is 0 Å². The second-order valence-corrected chi connectivity index (χ2v) is 7.06. The Balaban J connectivity index is 1.73. The number of benzene rings is 1. The lowest BCUT2D eigenvalue weighted by molar-refractivity contribution is -0.153. The van der Waals surface area contributed by atoms with E-state index in [1.807, 2.05) is 19.9 Å². The number of carbonyl (C=O) groups excluding carboxylic acids is 4. The van der Waals surface area contributed by atoms with Crippen molar-refractivity contribution >= 4 is 23.8 Å². The van der Waals surface area contributed by atoms with Gasteiger partial charge in [0.25, 0.3) is 11.8 Å². The fraction of sp³-hybridized carbons (Fsp3) is 0.500. The molecule has 2 rings (SSSR count). The predicted molar refractivity (Wildman–Crippen MR) is 103 cm³/mol. The maximum atomic E-state index is 12.1. The minimum atomic E-state index is -1.15. The average Bonchev–Trinajstić information content (AvgIpc) is 3.14. The van der Waals surface area contributed by atoms with E-state index in [0.717, 1.165) is 36.8 Å². The zero-order valence-corrected chi connectivity index (χ0v) is 16.5. The van der Waals surface area contributed by atoms with Crippen LogP contribution in [0.1, 0.15) is 54.1 Å². The van der Waals surface area contributed by atoms with Crippen LogP contribution >= 0.6 is 0 Å². The summed E-state index contributed by atoms with van der Waals surface area (Å²) < 4.78 is 4.97. The number of aryl methyl sites for hydroxylation is 2. The minimum absolute atomic E-state index is 0.0753. The fourth-order valence-electron chi connectivity index (χ4n) is 2.93. The minimum Gasteiger partial charge on any atom is -0.451 e. The van der Waals surface area contributed by atoms with Crippen LogP contribution in [0.3, 0.4) is 0 Å². The van der Waals surface area contributed by atoms with Crippen molar-refractivity contribution in [3.8, 4) is 0 Å². The van der Waals surface area contributed by atoms with Crippen LogP contribution in [0.4, 0.5) is 4.79 Å². The number of urea groups is 1. The van der Waals surface area contributed by atoms with E-state index in [0.29, 0.717) is 5.56 Å². The molecule has 1 aromatic rings. The van der Waals surface area contributed by atoms with Crippen LogP contribution in [0.2, 0.25) is 0 Å². The molecule has 0 aromatic heterocycles. The van der Waals surface area contributed by atoms with Crippen LogP contribution in [0.5, 0.6) is 0 Å². The summed E-state index contributed by atoms with van der Waals surface area (Å²) >= 11 is 0. The van der Waals surface area contributed by atoms with Crippen molar-refractivity contribution in [3.05, 3.63) is 34.9 Å². The molecule has 1 aliphatic rings. The van der Waals surface area contributed by atoms with Gasteiger partial charge in [0.1, 0.15) is 6.54 Å². The molecule has 8 heteroatoms. The molecule has 1 aliphatic carbocycles. The second kappa shape index (κ2) is 9.87. The molecule has 8 nitrogen and oxygen atoms in total. The molecule has 1 saturated carbocycles. The molecular formula is C20H27N3O5. The Labute approximate surface area is 164 Å². The molecule has 1 atom stereocenters. The summed E-state index contributed by atoms with van der Waals surface area (Å²) in [7, 11) is 0. The van der Waals surface area contributed by atoms with Crippen molar-refractivity contribution in [2.45, 2.75) is 58.6 Å². The zero-order valence-electron chi connectivity index (χ0n) is 16.5. The van der Waals surface area contributed by atoms with Crippen LogP contribution in [0.25, 0.3) is 0 Å². The first kappa shape index (κ1) is 21.4. The lowest BCUT2D eigenvalue weighted by Gasteiger charge is -2.15. The number of rotatable bonds is 6. The van der Waals surface area contributed by atoms with Gasteiger partial charge >= 0.3 is 12.0 Å². The Bertz CT molecular complexity index is 756. The number of hydrogen-bond donors (Lipinski definition) is 3. The Morgan fingerprint density at radius 1 is 1.11 bits per heavy atom. The van der Waals surface area contributed by atoms with Crippen LogP contribution in [0, 0.1) is 13.8 Å². The summed E-state index contributed by atoms with van der Waals surface area (Å²) in [4.78, 5) is 47.7. The molecule has 4 amide bonds. The number of nitrogens with one attached hydrogen (secondary N) is 3. The maximum absolute atomic E-state index is 12.1. The molecule has 0 aliphatic heterocycles. The summed E-state index contributed by atoms with van der Waals surface area (Å²) in [5, 5.41) is 7.33. The van der Waals surface area contributed by atoms with E-state index in [9.17, 15) is 19.2 Å². The summed E-state index contributed by atoms with van der Waals surface area (Å²) in [6.45, 7) is 4.82. The lowest BCUT2D eigenvalue weighted by Crippen LogP contribution is -2.47. The van der Waals surface area contributed by atoms with Gasteiger partial charge in [-0.05, 0) is 56.9 Å². The van der Waals surface area contributed by atoms with Gasteiger partial charge in [0, 0.05) is 11.6 Å². The largest absolute Gasteiger partial charge is 0.451 e. The van der Waals surface area contributed by atoms with Gasteiger partial charge in [0.15, 0.2) is 6.10 Å². The third kappa shape index (κ3) is 6.37. The number of ether oxygens (including phenoxy) is 1. The number of hydrogen-bond acceptors (Lipinski definition) is 5. The first-order chi connectivity index (χ1) is 13.3. The lowest BCUT2D eigenvalue weighted by atomic mass is 10.1. The molecule has 0 saturated heterocycles. The van der Waals surface area contributed by atoms with Gasteiger partial charge in [-0.15, -0.1) is 0 Å². The molecule has 3 N–H and O–H groups in total. The summed E-state index contributed by atoms with van der Waals surface area (Å²) in [5.41, 5.74) is 2.47. The average molecular weight is 389 g/mol. The van der Waals surface area contributed by atoms with Crippen molar-refractivity contribution < 1.29 is 23.9 Å². The molecule has 0 spiro atoms. The van der Waals surface area contributed by atoms with Crippen LogP contribution in [-0.2, 0) is 14.3 Å². The highest BCUT2D eigenvalue weighted by Gasteiger charge is 2.22. The molecular weight excluding hydrogens is 362 g/mol. The van der Waals surface area contributed by atoms with E-state index in [2.05, 4.69) is 16.0 Å². The Morgan fingerprint density at radius 2 is 1.79 bits per heavy atom. The first-order valence-electron chi connectivity index (χ1n) is 9.42. The standard InChI is InChI=1S/C20H27N3O5/c1-12-8-9-15(10-13(12)2)19(26)21-11-17(24)28-14(3)18(25)23-20(27)22-16-6-4-5-7-16/h8-10,14,16H,4-7,11H2,1-3H3,(H,21,26)(H2,22,23,25,27)/t14-/m1/s1. The van der Waals surface area contributed by atoms with Gasteiger partial charge in [0.05, 0.1) is 0 Å². The highest BCUT2D eigenvalue weighted by Crippen LogP contribution is 2.17. The van der Waals surface area contributed by atoms with Gasteiger partial charge in [-0.1, -0.05) is 18.9 Å². The molecule has 1 fully saturated rings. The number of amides is 4. The highest BCUT2D eigenvalue weighted by molar-refractivity contribution is 5.98. The normalized spacial score (nSPS) is 14.8. The zero-order chi connectivity index (χ0) is 20.7. The second-order valence-electron chi connectivity index (χ2n) is 7.06. The Hall–Kier alpha value is -2.90. The topological polar surface area (TPSA) is 114 Å². The monoisotopic (exact) mass is 389 g/mol. The highest BCUT2D eigenvalue weighted by atomic mass is 16.5. The smallest absolute Gasteiger partial charge is 0.326 e. The van der Waals surface area contributed by atoms with Crippen LogP contribution < -0.4 is 16.0 Å². The third-order valence-electron chi connectivity index (χ3n) is 4.77. The maximum Gasteiger partial charge on any atom is 0.326 e. The molecule has 0 unspecified atom stereocenters. The van der Waals surface area contributed by atoms with Gasteiger partial charge < -0.3 is 15.4 Å². The molecule has 152 valence electrons. The van der Waals surface area contributed by atoms with Crippen molar-refractivity contribution in [2.75, 3.05) is 6.54 Å². The van der Waals surface area contributed by atoms with Crippen molar-refractivity contribution in [1.82, 2.24) is 16.0 Å². The van der Waals surface area contributed by atoms with Crippen molar-refractivity contribution in [2.24, 2.45) is 0 Å².